The number of thiazole rings is 1. The number of imidazole rings is 1. The molecule has 0 amide bonds. The molecule has 0 saturated carbocycles. The van der Waals surface area contributed by atoms with Crippen molar-refractivity contribution in [3.05, 3.63) is 17.3 Å². The molecule has 2 aromatic rings. The molecule has 1 unspecified atom stereocenters. The number of hydrogen-bond donors (Lipinski definition) is 1. The average Bonchev–Trinajstić information content (AvgIpc) is 2.99. The predicted octanol–water partition coefficient (Wildman–Crippen LogP) is 1.72. The van der Waals surface area contributed by atoms with Crippen LogP contribution in [-0.4, -0.2) is 36.2 Å². The molecule has 0 spiro atoms. The zero-order chi connectivity index (χ0) is 13.2. The number of nitrogens with two attached hydrogens (primary N) is 1. The van der Waals surface area contributed by atoms with Gasteiger partial charge in [0.05, 0.1) is 12.3 Å². The van der Waals surface area contributed by atoms with E-state index in [-0.39, 0.29) is 0 Å². The molecule has 0 aliphatic carbocycles. The van der Waals surface area contributed by atoms with Gasteiger partial charge >= 0.3 is 0 Å². The highest BCUT2D eigenvalue weighted by Gasteiger charge is 2.24. The van der Waals surface area contributed by atoms with Crippen molar-refractivity contribution in [2.45, 2.75) is 19.4 Å². The topological polar surface area (TPSA) is 55.8 Å². The van der Waals surface area contributed by atoms with E-state index < -0.39 is 0 Å². The van der Waals surface area contributed by atoms with E-state index in [1.807, 2.05) is 0 Å². The van der Waals surface area contributed by atoms with E-state index in [1.165, 1.54) is 12.8 Å². The van der Waals surface area contributed by atoms with E-state index in [0.29, 0.717) is 12.5 Å². The lowest BCUT2D eigenvalue weighted by molar-refractivity contribution is 0.143. The summed E-state index contributed by atoms with van der Waals surface area (Å²) >= 11 is 1.66. The Morgan fingerprint density at radius 3 is 3.26 bits per heavy atom. The molecule has 0 radical (unpaired) electrons. The Kier molecular flexibility index (Phi) is 3.72. The molecule has 6 heteroatoms. The summed E-state index contributed by atoms with van der Waals surface area (Å²) in [4.78, 5) is 8.15. The van der Waals surface area contributed by atoms with Crippen LogP contribution in [0.3, 0.4) is 0 Å². The second-order valence-corrected chi connectivity index (χ2v) is 5.92. The minimum Gasteiger partial charge on any atom is -0.384 e. The molecule has 2 aromatic heterocycles. The number of anilines is 1. The Balaban J connectivity index is 1.88. The monoisotopic (exact) mass is 280 g/mol. The molecule has 0 bridgehead atoms. The molecule has 1 saturated heterocycles. The maximum absolute atomic E-state index is 5.91. The fourth-order valence-electron chi connectivity index (χ4n) is 2.89. The number of rotatable bonds is 4. The maximum Gasteiger partial charge on any atom is 0.195 e. The fraction of sp³-hybridized carbons (Fsp3) is 0.615. The second kappa shape index (κ2) is 5.48. The first kappa shape index (κ1) is 12.9. The average molecular weight is 280 g/mol. The third-order valence-corrected chi connectivity index (χ3v) is 4.51. The number of piperidine rings is 1. The van der Waals surface area contributed by atoms with E-state index in [1.54, 1.807) is 18.4 Å². The highest BCUT2D eigenvalue weighted by molar-refractivity contribution is 7.15. The molecule has 3 heterocycles. The molecule has 1 aliphatic heterocycles. The number of aromatic nitrogens is 2. The number of methoxy groups -OCH3 is 1. The van der Waals surface area contributed by atoms with Gasteiger partial charge in [0.15, 0.2) is 10.8 Å². The molecular weight excluding hydrogens is 260 g/mol. The highest BCUT2D eigenvalue weighted by Crippen LogP contribution is 2.28. The summed E-state index contributed by atoms with van der Waals surface area (Å²) in [5.41, 5.74) is 7.03. The van der Waals surface area contributed by atoms with Gasteiger partial charge in [-0.25, -0.2) is 4.98 Å². The molecule has 0 aromatic carbocycles. The van der Waals surface area contributed by atoms with Crippen molar-refractivity contribution >= 4 is 22.1 Å². The molecule has 104 valence electrons. The smallest absolute Gasteiger partial charge is 0.195 e. The van der Waals surface area contributed by atoms with E-state index >= 15 is 0 Å². The van der Waals surface area contributed by atoms with Crippen LogP contribution in [-0.2, 0) is 11.3 Å². The van der Waals surface area contributed by atoms with Gasteiger partial charge in [0.2, 0.25) is 0 Å². The molecule has 2 N–H and O–H groups in total. The maximum atomic E-state index is 5.91. The van der Waals surface area contributed by atoms with Gasteiger partial charge in [0.25, 0.3) is 0 Å². The largest absolute Gasteiger partial charge is 0.384 e. The van der Waals surface area contributed by atoms with Crippen LogP contribution < -0.4 is 10.6 Å². The van der Waals surface area contributed by atoms with Crippen LogP contribution in [0.2, 0.25) is 0 Å². The highest BCUT2D eigenvalue weighted by atomic mass is 32.1. The van der Waals surface area contributed by atoms with Crippen LogP contribution >= 0.6 is 11.3 Å². The third kappa shape index (κ3) is 2.35. The summed E-state index contributed by atoms with van der Waals surface area (Å²) in [6.07, 6.45) is 4.49. The minimum atomic E-state index is 0.526. The number of hydrogen-bond acceptors (Lipinski definition) is 5. The normalized spacial score (nSPS) is 20.3. The van der Waals surface area contributed by atoms with Crippen LogP contribution in [0.1, 0.15) is 18.5 Å². The van der Waals surface area contributed by atoms with Gasteiger partial charge in [-0.15, -0.1) is 11.3 Å². The van der Waals surface area contributed by atoms with E-state index in [2.05, 4.69) is 20.9 Å². The lowest BCUT2D eigenvalue weighted by atomic mass is 9.99. The van der Waals surface area contributed by atoms with Crippen LogP contribution in [0, 0.1) is 5.92 Å². The summed E-state index contributed by atoms with van der Waals surface area (Å²) in [5.74, 6) is 1.67. The molecule has 1 atom stereocenters. The van der Waals surface area contributed by atoms with Crippen LogP contribution in [0.4, 0.5) is 5.82 Å². The lowest BCUT2D eigenvalue weighted by Gasteiger charge is -2.33. The molecule has 19 heavy (non-hydrogen) atoms. The summed E-state index contributed by atoms with van der Waals surface area (Å²) in [5, 5.41) is 2.05. The van der Waals surface area contributed by atoms with Gasteiger partial charge in [-0.05, 0) is 18.8 Å². The van der Waals surface area contributed by atoms with Crippen molar-refractivity contribution in [1.82, 2.24) is 9.38 Å². The zero-order valence-corrected chi connectivity index (χ0v) is 12.0. The Morgan fingerprint density at radius 1 is 1.58 bits per heavy atom. The Bertz CT molecular complexity index is 548. The van der Waals surface area contributed by atoms with Crippen molar-refractivity contribution in [3.63, 3.8) is 0 Å². The van der Waals surface area contributed by atoms with Crippen molar-refractivity contribution in [3.8, 4) is 0 Å². The van der Waals surface area contributed by atoms with Crippen molar-refractivity contribution in [2.24, 2.45) is 11.7 Å². The van der Waals surface area contributed by atoms with Gasteiger partial charge < -0.3 is 15.4 Å². The number of nitrogens with zero attached hydrogens (tertiary/aromatic N) is 3. The minimum absolute atomic E-state index is 0.526. The molecular formula is C13H20N4OS. The van der Waals surface area contributed by atoms with E-state index in [0.717, 1.165) is 36.2 Å². The van der Waals surface area contributed by atoms with Gasteiger partial charge in [0.1, 0.15) is 0 Å². The Labute approximate surface area is 117 Å². The standard InChI is InChI=1S/C13H20N4OS/c1-18-9-10-3-2-4-16(8-10)12-11(7-14)17-5-6-19-13(17)15-12/h5-6,10H,2-4,7-9,14H2,1H3. The molecule has 3 rings (SSSR count). The summed E-state index contributed by atoms with van der Waals surface area (Å²) < 4.78 is 7.40. The molecule has 5 nitrogen and oxygen atoms in total. The Hall–Kier alpha value is -1.11. The molecule has 1 aliphatic rings. The van der Waals surface area contributed by atoms with E-state index in [9.17, 15) is 0 Å². The Morgan fingerprint density at radius 2 is 2.47 bits per heavy atom. The van der Waals surface area contributed by atoms with Crippen molar-refractivity contribution in [2.75, 3.05) is 31.7 Å². The van der Waals surface area contributed by atoms with Gasteiger partial charge in [-0.3, -0.25) is 4.40 Å². The predicted molar refractivity (Wildman–Crippen MR) is 77.8 cm³/mol. The van der Waals surface area contributed by atoms with Gasteiger partial charge in [-0.1, -0.05) is 0 Å². The first-order valence-electron chi connectivity index (χ1n) is 6.72. The van der Waals surface area contributed by atoms with Crippen molar-refractivity contribution in [1.29, 1.82) is 0 Å². The van der Waals surface area contributed by atoms with Crippen LogP contribution in [0.15, 0.2) is 11.6 Å². The van der Waals surface area contributed by atoms with E-state index in [4.69, 9.17) is 15.5 Å². The summed E-state index contributed by atoms with van der Waals surface area (Å²) in [7, 11) is 1.77. The number of ether oxygens (including phenoxy) is 1. The second-order valence-electron chi connectivity index (χ2n) is 5.05. The first-order chi connectivity index (χ1) is 9.33. The van der Waals surface area contributed by atoms with Crippen molar-refractivity contribution < 1.29 is 4.74 Å². The fourth-order valence-corrected chi connectivity index (χ4v) is 3.62. The summed E-state index contributed by atoms with van der Waals surface area (Å²) in [6, 6.07) is 0. The third-order valence-electron chi connectivity index (χ3n) is 3.75. The SMILES string of the molecule is COCC1CCCN(c2nc3sccn3c2CN)C1. The van der Waals surface area contributed by atoms with Gasteiger partial charge in [0, 0.05) is 38.3 Å². The zero-order valence-electron chi connectivity index (χ0n) is 11.2. The first-order valence-corrected chi connectivity index (χ1v) is 7.59. The van der Waals surface area contributed by atoms with Crippen LogP contribution in [0.25, 0.3) is 4.96 Å². The lowest BCUT2D eigenvalue weighted by Crippen LogP contribution is -2.38. The van der Waals surface area contributed by atoms with Crippen LogP contribution in [0.5, 0.6) is 0 Å². The summed E-state index contributed by atoms with van der Waals surface area (Å²) in [6.45, 7) is 3.44. The number of fused-ring (bicyclic) bond motifs is 1. The quantitative estimate of drug-likeness (QED) is 0.926. The van der Waals surface area contributed by atoms with Gasteiger partial charge in [-0.2, -0.15) is 0 Å². The molecule has 1 fully saturated rings.